The first-order valence-electron chi connectivity index (χ1n) is 7.20. The van der Waals surface area contributed by atoms with Gasteiger partial charge >= 0.3 is 5.69 Å². The van der Waals surface area contributed by atoms with Crippen molar-refractivity contribution in [3.8, 4) is 0 Å². The second-order valence-corrected chi connectivity index (χ2v) is 6.39. The summed E-state index contributed by atoms with van der Waals surface area (Å²) in [5, 5.41) is 9.48. The molecule has 0 aliphatic rings. The quantitative estimate of drug-likeness (QED) is 0.801. The van der Waals surface area contributed by atoms with Crippen molar-refractivity contribution < 1.29 is 4.79 Å². The molecule has 22 heavy (non-hydrogen) atoms. The molecule has 0 aliphatic heterocycles. The maximum atomic E-state index is 12.2. The van der Waals surface area contributed by atoms with Gasteiger partial charge in [-0.2, -0.15) is 0 Å². The number of carbonyl (C=O) groups excluding carboxylic acids is 1. The molecule has 1 aromatic carbocycles. The fourth-order valence-electron chi connectivity index (χ4n) is 1.99. The van der Waals surface area contributed by atoms with Crippen LogP contribution in [0.2, 0.25) is 0 Å². The largest absolute Gasteiger partial charge is 0.343 e. The molecule has 1 aromatic heterocycles. The van der Waals surface area contributed by atoms with Gasteiger partial charge in [0.25, 0.3) is 0 Å². The standard InChI is InChI=1S/C15H20N4O2S/c1-4-8-19-14(21)17-18-15(19)22-11(3)13(20)16-12-7-5-6-10(2)9-12/h5-7,9,11H,4,8H2,1-3H3,(H,16,20)(H,17,21)/t11-/m1/s1. The van der Waals surface area contributed by atoms with Crippen LogP contribution in [0.1, 0.15) is 25.8 Å². The Bertz CT molecular complexity index is 708. The zero-order chi connectivity index (χ0) is 16.1. The molecule has 6 nitrogen and oxygen atoms in total. The Kier molecular flexibility index (Phi) is 5.43. The van der Waals surface area contributed by atoms with Crippen LogP contribution in [0.25, 0.3) is 0 Å². The Morgan fingerprint density at radius 1 is 1.50 bits per heavy atom. The van der Waals surface area contributed by atoms with Crippen molar-refractivity contribution in [2.45, 2.75) is 44.1 Å². The minimum atomic E-state index is -0.355. The summed E-state index contributed by atoms with van der Waals surface area (Å²) in [6.45, 7) is 6.35. The van der Waals surface area contributed by atoms with E-state index in [0.717, 1.165) is 17.7 Å². The third-order valence-corrected chi connectivity index (χ3v) is 4.20. The van der Waals surface area contributed by atoms with E-state index < -0.39 is 0 Å². The van der Waals surface area contributed by atoms with E-state index in [1.54, 1.807) is 11.5 Å². The topological polar surface area (TPSA) is 79.8 Å². The van der Waals surface area contributed by atoms with Crippen LogP contribution in [-0.4, -0.2) is 25.9 Å². The lowest BCUT2D eigenvalue weighted by Gasteiger charge is -2.12. The number of hydrogen-bond acceptors (Lipinski definition) is 4. The molecule has 2 rings (SSSR count). The first-order valence-corrected chi connectivity index (χ1v) is 8.08. The van der Waals surface area contributed by atoms with Gasteiger partial charge in [0.1, 0.15) is 0 Å². The third-order valence-electron chi connectivity index (χ3n) is 3.11. The first-order chi connectivity index (χ1) is 10.5. The average molecular weight is 320 g/mol. The van der Waals surface area contributed by atoms with E-state index in [4.69, 9.17) is 0 Å². The maximum Gasteiger partial charge on any atom is 0.343 e. The van der Waals surface area contributed by atoms with Gasteiger partial charge in [0, 0.05) is 12.2 Å². The number of amides is 1. The molecule has 1 amide bonds. The summed E-state index contributed by atoms with van der Waals surface area (Å²) >= 11 is 1.27. The van der Waals surface area contributed by atoms with Crippen LogP contribution in [0.3, 0.4) is 0 Å². The number of carbonyl (C=O) groups is 1. The Balaban J connectivity index is 2.04. The summed E-state index contributed by atoms with van der Waals surface area (Å²) in [6, 6.07) is 7.64. The van der Waals surface area contributed by atoms with Gasteiger partial charge in [0.05, 0.1) is 5.25 Å². The van der Waals surface area contributed by atoms with Gasteiger partial charge in [-0.15, -0.1) is 5.10 Å². The summed E-state index contributed by atoms with van der Waals surface area (Å²) in [7, 11) is 0. The second-order valence-electron chi connectivity index (χ2n) is 5.08. The third kappa shape index (κ3) is 4.00. The molecule has 118 valence electrons. The molecule has 0 unspecified atom stereocenters. The molecule has 1 heterocycles. The number of H-pyrrole nitrogens is 1. The summed E-state index contributed by atoms with van der Waals surface area (Å²) < 4.78 is 1.56. The van der Waals surface area contributed by atoms with Crippen LogP contribution < -0.4 is 11.0 Å². The highest BCUT2D eigenvalue weighted by molar-refractivity contribution is 8.00. The van der Waals surface area contributed by atoms with Crippen molar-refractivity contribution >= 4 is 23.4 Å². The summed E-state index contributed by atoms with van der Waals surface area (Å²) in [4.78, 5) is 23.9. The molecule has 1 atom stereocenters. The molecule has 0 fully saturated rings. The SMILES string of the molecule is CCCn1c(S[C@H](C)C(=O)Nc2cccc(C)c2)n[nH]c1=O. The highest BCUT2D eigenvalue weighted by atomic mass is 32.2. The van der Waals surface area contributed by atoms with E-state index in [2.05, 4.69) is 15.5 Å². The van der Waals surface area contributed by atoms with Crippen molar-refractivity contribution in [3.63, 3.8) is 0 Å². The van der Waals surface area contributed by atoms with Crippen molar-refractivity contribution in [2.24, 2.45) is 0 Å². The lowest BCUT2D eigenvalue weighted by atomic mass is 10.2. The second kappa shape index (κ2) is 7.31. The molecule has 0 bridgehead atoms. The zero-order valence-corrected chi connectivity index (χ0v) is 13.7. The van der Waals surface area contributed by atoms with Gasteiger partial charge in [-0.05, 0) is 38.0 Å². The zero-order valence-electron chi connectivity index (χ0n) is 12.9. The highest BCUT2D eigenvalue weighted by Gasteiger charge is 2.18. The predicted molar refractivity (Wildman–Crippen MR) is 88.3 cm³/mol. The number of rotatable bonds is 6. The minimum absolute atomic E-state index is 0.117. The number of anilines is 1. The molecule has 2 N–H and O–H groups in total. The van der Waals surface area contributed by atoms with E-state index in [0.29, 0.717) is 11.7 Å². The highest BCUT2D eigenvalue weighted by Crippen LogP contribution is 2.21. The minimum Gasteiger partial charge on any atom is -0.325 e. The lowest BCUT2D eigenvalue weighted by Crippen LogP contribution is -2.24. The van der Waals surface area contributed by atoms with Crippen molar-refractivity contribution in [1.82, 2.24) is 14.8 Å². The van der Waals surface area contributed by atoms with Crippen LogP contribution in [0.5, 0.6) is 0 Å². The Hall–Kier alpha value is -2.02. The van der Waals surface area contributed by atoms with E-state index in [9.17, 15) is 9.59 Å². The van der Waals surface area contributed by atoms with Gasteiger partial charge in [0.2, 0.25) is 5.91 Å². The van der Waals surface area contributed by atoms with Crippen LogP contribution in [-0.2, 0) is 11.3 Å². The van der Waals surface area contributed by atoms with Crippen molar-refractivity contribution in [2.75, 3.05) is 5.32 Å². The fraction of sp³-hybridized carbons (Fsp3) is 0.400. The molecule has 0 saturated carbocycles. The monoisotopic (exact) mass is 320 g/mol. The fourth-order valence-corrected chi connectivity index (χ4v) is 2.87. The van der Waals surface area contributed by atoms with E-state index >= 15 is 0 Å². The number of benzene rings is 1. The molecule has 0 spiro atoms. The number of aromatic nitrogens is 3. The molecule has 7 heteroatoms. The maximum absolute atomic E-state index is 12.2. The molecular weight excluding hydrogens is 300 g/mol. The summed E-state index contributed by atoms with van der Waals surface area (Å²) in [5.74, 6) is -0.117. The van der Waals surface area contributed by atoms with Crippen LogP contribution in [0, 0.1) is 6.92 Å². The number of aryl methyl sites for hydroxylation is 1. The summed E-state index contributed by atoms with van der Waals surface area (Å²) in [6.07, 6.45) is 0.830. The Labute approximate surface area is 133 Å². The van der Waals surface area contributed by atoms with Gasteiger partial charge in [-0.25, -0.2) is 9.89 Å². The number of nitrogens with zero attached hydrogens (tertiary/aromatic N) is 2. The van der Waals surface area contributed by atoms with Crippen LogP contribution in [0.4, 0.5) is 5.69 Å². The predicted octanol–water partition coefficient (Wildman–Crippen LogP) is 2.41. The molecule has 2 aromatic rings. The Morgan fingerprint density at radius 3 is 2.95 bits per heavy atom. The smallest absolute Gasteiger partial charge is 0.325 e. The van der Waals surface area contributed by atoms with Gasteiger partial charge in [0.15, 0.2) is 5.16 Å². The van der Waals surface area contributed by atoms with Gasteiger partial charge < -0.3 is 5.32 Å². The number of hydrogen-bond donors (Lipinski definition) is 2. The van der Waals surface area contributed by atoms with Crippen molar-refractivity contribution in [3.05, 3.63) is 40.3 Å². The molecule has 0 saturated heterocycles. The van der Waals surface area contributed by atoms with E-state index in [1.807, 2.05) is 38.1 Å². The molecular formula is C15H20N4O2S. The van der Waals surface area contributed by atoms with E-state index in [1.165, 1.54) is 11.8 Å². The number of thioether (sulfide) groups is 1. The summed E-state index contributed by atoms with van der Waals surface area (Å²) in [5.41, 5.74) is 1.61. The molecule has 0 radical (unpaired) electrons. The van der Waals surface area contributed by atoms with Crippen LogP contribution in [0.15, 0.2) is 34.2 Å². The van der Waals surface area contributed by atoms with Gasteiger partial charge in [-0.1, -0.05) is 30.8 Å². The first kappa shape index (κ1) is 16.4. The van der Waals surface area contributed by atoms with Gasteiger partial charge in [-0.3, -0.25) is 9.36 Å². The number of nitrogens with one attached hydrogen (secondary N) is 2. The lowest BCUT2D eigenvalue weighted by molar-refractivity contribution is -0.115. The molecule has 0 aliphatic carbocycles. The average Bonchev–Trinajstić information content (AvgIpc) is 2.80. The Morgan fingerprint density at radius 2 is 2.27 bits per heavy atom. The van der Waals surface area contributed by atoms with E-state index in [-0.39, 0.29) is 16.8 Å². The van der Waals surface area contributed by atoms with Crippen molar-refractivity contribution in [1.29, 1.82) is 0 Å². The normalized spacial score (nSPS) is 12.1. The van der Waals surface area contributed by atoms with Crippen LogP contribution >= 0.6 is 11.8 Å². The number of aromatic amines is 1.